The summed E-state index contributed by atoms with van der Waals surface area (Å²) < 4.78 is 22.6. The zero-order chi connectivity index (χ0) is 16.2. The van der Waals surface area contributed by atoms with Crippen molar-refractivity contribution in [3.05, 3.63) is 35.4 Å². The lowest BCUT2D eigenvalue weighted by atomic mass is 10.1. The molecule has 0 radical (unpaired) electrons. The molecule has 0 aromatic heterocycles. The molecule has 1 aliphatic rings. The van der Waals surface area contributed by atoms with Crippen molar-refractivity contribution in [2.75, 3.05) is 11.5 Å². The molecule has 2 rings (SSSR count). The molecule has 1 aromatic carbocycles. The number of benzene rings is 1. The number of nitrogens with one attached hydrogen (secondary N) is 2. The van der Waals surface area contributed by atoms with Crippen LogP contribution in [0.3, 0.4) is 0 Å². The Balaban J connectivity index is 1.74. The van der Waals surface area contributed by atoms with Crippen LogP contribution in [0, 0.1) is 6.92 Å². The molecule has 1 aromatic rings. The first-order valence-corrected chi connectivity index (χ1v) is 8.98. The van der Waals surface area contributed by atoms with Gasteiger partial charge in [0.2, 0.25) is 11.8 Å². The van der Waals surface area contributed by atoms with Crippen LogP contribution in [-0.4, -0.2) is 37.8 Å². The highest BCUT2D eigenvalue weighted by Crippen LogP contribution is 2.11. The van der Waals surface area contributed by atoms with E-state index in [4.69, 9.17) is 0 Å². The number of aryl methyl sites for hydroxylation is 1. The first-order valence-electron chi connectivity index (χ1n) is 7.16. The van der Waals surface area contributed by atoms with Crippen molar-refractivity contribution in [3.8, 4) is 0 Å². The molecule has 1 unspecified atom stereocenters. The fraction of sp³-hybridized carbons (Fsp3) is 0.467. The molecular formula is C15H20N2O4S. The number of amides is 2. The third-order valence-corrected chi connectivity index (χ3v) is 5.26. The molecule has 0 bridgehead atoms. The van der Waals surface area contributed by atoms with E-state index in [1.807, 2.05) is 31.2 Å². The van der Waals surface area contributed by atoms with E-state index >= 15 is 0 Å². The summed E-state index contributed by atoms with van der Waals surface area (Å²) in [5.74, 6) is -0.759. The fourth-order valence-corrected chi connectivity index (χ4v) is 4.09. The number of sulfone groups is 1. The van der Waals surface area contributed by atoms with Crippen LogP contribution in [0.5, 0.6) is 0 Å². The van der Waals surface area contributed by atoms with Crippen LogP contribution in [-0.2, 0) is 26.0 Å². The van der Waals surface area contributed by atoms with Gasteiger partial charge in [-0.15, -0.1) is 0 Å². The Morgan fingerprint density at radius 2 is 2.05 bits per heavy atom. The van der Waals surface area contributed by atoms with Gasteiger partial charge in [0.05, 0.1) is 11.5 Å². The Morgan fingerprint density at radius 3 is 2.68 bits per heavy atom. The summed E-state index contributed by atoms with van der Waals surface area (Å²) in [6.45, 7) is 2.33. The van der Waals surface area contributed by atoms with Crippen LogP contribution < -0.4 is 10.6 Å². The summed E-state index contributed by atoms with van der Waals surface area (Å²) in [6, 6.07) is 7.36. The SMILES string of the molecule is Cc1cccc(CNC(=O)CC(=O)NC2CCS(=O)(=O)C2)c1. The van der Waals surface area contributed by atoms with Crippen molar-refractivity contribution in [2.45, 2.75) is 32.4 Å². The monoisotopic (exact) mass is 324 g/mol. The second-order valence-corrected chi connectivity index (χ2v) is 7.84. The maximum atomic E-state index is 11.7. The Bertz CT molecular complexity index is 670. The first-order chi connectivity index (χ1) is 10.3. The molecule has 120 valence electrons. The van der Waals surface area contributed by atoms with Gasteiger partial charge in [-0.05, 0) is 18.9 Å². The van der Waals surface area contributed by atoms with Crippen molar-refractivity contribution in [2.24, 2.45) is 0 Å². The summed E-state index contributed by atoms with van der Waals surface area (Å²) in [5, 5.41) is 5.27. The van der Waals surface area contributed by atoms with Gasteiger partial charge >= 0.3 is 0 Å². The van der Waals surface area contributed by atoms with E-state index in [2.05, 4.69) is 10.6 Å². The van der Waals surface area contributed by atoms with E-state index in [9.17, 15) is 18.0 Å². The van der Waals surface area contributed by atoms with E-state index in [0.717, 1.165) is 11.1 Å². The minimum Gasteiger partial charge on any atom is -0.352 e. The zero-order valence-electron chi connectivity index (χ0n) is 12.5. The molecule has 0 saturated carbocycles. The smallest absolute Gasteiger partial charge is 0.229 e. The van der Waals surface area contributed by atoms with Gasteiger partial charge in [-0.1, -0.05) is 29.8 Å². The van der Waals surface area contributed by atoms with Crippen molar-refractivity contribution >= 4 is 21.7 Å². The summed E-state index contributed by atoms with van der Waals surface area (Å²) >= 11 is 0. The predicted octanol–water partition coefficient (Wildman–Crippen LogP) is 0.305. The average molecular weight is 324 g/mol. The minimum atomic E-state index is -3.04. The molecule has 2 amide bonds. The van der Waals surface area contributed by atoms with Gasteiger partial charge in [0.25, 0.3) is 0 Å². The van der Waals surface area contributed by atoms with E-state index < -0.39 is 15.7 Å². The normalized spacial score (nSPS) is 19.6. The van der Waals surface area contributed by atoms with Crippen LogP contribution in [0.15, 0.2) is 24.3 Å². The standard InChI is InChI=1S/C15H20N2O4S/c1-11-3-2-4-12(7-11)9-16-14(18)8-15(19)17-13-5-6-22(20,21)10-13/h2-4,7,13H,5-6,8-10H2,1H3,(H,16,18)(H,17,19). The summed E-state index contributed by atoms with van der Waals surface area (Å²) in [5.41, 5.74) is 2.07. The summed E-state index contributed by atoms with van der Waals surface area (Å²) in [6.07, 6.45) is 0.126. The van der Waals surface area contributed by atoms with Crippen LogP contribution in [0.4, 0.5) is 0 Å². The number of carbonyl (C=O) groups excluding carboxylic acids is 2. The zero-order valence-corrected chi connectivity index (χ0v) is 13.3. The van der Waals surface area contributed by atoms with Gasteiger partial charge in [0, 0.05) is 12.6 Å². The lowest BCUT2D eigenvalue weighted by Crippen LogP contribution is -2.38. The number of hydrogen-bond acceptors (Lipinski definition) is 4. The quantitative estimate of drug-likeness (QED) is 0.762. The largest absolute Gasteiger partial charge is 0.352 e. The Kier molecular flexibility index (Phi) is 5.18. The molecule has 6 nitrogen and oxygen atoms in total. The fourth-order valence-electron chi connectivity index (χ4n) is 2.42. The molecule has 1 saturated heterocycles. The van der Waals surface area contributed by atoms with Crippen LogP contribution in [0.2, 0.25) is 0 Å². The van der Waals surface area contributed by atoms with Crippen LogP contribution >= 0.6 is 0 Å². The molecular weight excluding hydrogens is 304 g/mol. The maximum absolute atomic E-state index is 11.7. The predicted molar refractivity (Wildman–Crippen MR) is 82.8 cm³/mol. The molecule has 2 N–H and O–H groups in total. The van der Waals surface area contributed by atoms with Crippen molar-refractivity contribution < 1.29 is 18.0 Å². The van der Waals surface area contributed by atoms with Gasteiger partial charge in [-0.3, -0.25) is 9.59 Å². The Morgan fingerprint density at radius 1 is 1.27 bits per heavy atom. The lowest BCUT2D eigenvalue weighted by molar-refractivity contribution is -0.129. The topological polar surface area (TPSA) is 92.3 Å². The van der Waals surface area contributed by atoms with Crippen molar-refractivity contribution in [1.29, 1.82) is 0 Å². The van der Waals surface area contributed by atoms with Gasteiger partial charge in [0.15, 0.2) is 9.84 Å². The van der Waals surface area contributed by atoms with E-state index in [0.29, 0.717) is 13.0 Å². The molecule has 0 spiro atoms. The molecule has 1 heterocycles. The molecule has 22 heavy (non-hydrogen) atoms. The van der Waals surface area contributed by atoms with Gasteiger partial charge < -0.3 is 10.6 Å². The molecule has 7 heteroatoms. The molecule has 1 aliphatic heterocycles. The first kappa shape index (κ1) is 16.5. The van der Waals surface area contributed by atoms with Crippen LogP contribution in [0.1, 0.15) is 24.0 Å². The lowest BCUT2D eigenvalue weighted by Gasteiger charge is -2.11. The Hall–Kier alpha value is -1.89. The van der Waals surface area contributed by atoms with Crippen molar-refractivity contribution in [1.82, 2.24) is 10.6 Å². The second kappa shape index (κ2) is 6.91. The summed E-state index contributed by atoms with van der Waals surface area (Å²) in [4.78, 5) is 23.4. The van der Waals surface area contributed by atoms with Crippen molar-refractivity contribution in [3.63, 3.8) is 0 Å². The highest BCUT2D eigenvalue weighted by Gasteiger charge is 2.29. The van der Waals surface area contributed by atoms with Gasteiger partial charge in [0.1, 0.15) is 6.42 Å². The highest BCUT2D eigenvalue weighted by molar-refractivity contribution is 7.91. The Labute approximate surface area is 130 Å². The van der Waals surface area contributed by atoms with E-state index in [1.165, 1.54) is 0 Å². The molecule has 1 atom stereocenters. The third kappa shape index (κ3) is 5.14. The number of rotatable bonds is 5. The van der Waals surface area contributed by atoms with Gasteiger partial charge in [-0.25, -0.2) is 8.42 Å². The van der Waals surface area contributed by atoms with Crippen LogP contribution in [0.25, 0.3) is 0 Å². The summed E-state index contributed by atoms with van der Waals surface area (Å²) in [7, 11) is -3.04. The number of carbonyl (C=O) groups is 2. The van der Waals surface area contributed by atoms with E-state index in [1.54, 1.807) is 0 Å². The average Bonchev–Trinajstić information content (AvgIpc) is 2.75. The maximum Gasteiger partial charge on any atom is 0.229 e. The molecule has 0 aliphatic carbocycles. The third-order valence-electron chi connectivity index (χ3n) is 3.49. The highest BCUT2D eigenvalue weighted by atomic mass is 32.2. The van der Waals surface area contributed by atoms with E-state index in [-0.39, 0.29) is 29.9 Å². The molecule has 1 fully saturated rings. The second-order valence-electron chi connectivity index (χ2n) is 5.61. The number of hydrogen-bond donors (Lipinski definition) is 2. The van der Waals surface area contributed by atoms with Gasteiger partial charge in [-0.2, -0.15) is 0 Å². The minimum absolute atomic E-state index is 0.0380.